The fourth-order valence-corrected chi connectivity index (χ4v) is 3.30. The van der Waals surface area contributed by atoms with E-state index in [9.17, 15) is 4.79 Å². The molecule has 24 heavy (non-hydrogen) atoms. The largest absolute Gasteiger partial charge is 0.467 e. The van der Waals surface area contributed by atoms with E-state index in [1.165, 1.54) is 0 Å². The fourth-order valence-electron chi connectivity index (χ4n) is 3.11. The number of carbonyl (C=O) groups is 1. The van der Waals surface area contributed by atoms with Crippen LogP contribution in [-0.4, -0.2) is 28.5 Å². The summed E-state index contributed by atoms with van der Waals surface area (Å²) in [4.78, 5) is 23.6. The molecule has 2 aliphatic rings. The zero-order chi connectivity index (χ0) is 16.5. The average molecular weight is 347 g/mol. The molecule has 1 N–H and O–H groups in total. The second kappa shape index (κ2) is 6.43. The Kier molecular flexibility index (Phi) is 4.14. The summed E-state index contributed by atoms with van der Waals surface area (Å²) in [7, 11) is 0. The zero-order valence-corrected chi connectivity index (χ0v) is 14.0. The number of anilines is 1. The van der Waals surface area contributed by atoms with Crippen LogP contribution in [0.5, 0.6) is 0 Å². The summed E-state index contributed by atoms with van der Waals surface area (Å²) in [5.74, 6) is 2.73. The summed E-state index contributed by atoms with van der Waals surface area (Å²) in [5.41, 5.74) is 0. The number of aromatic nitrogens is 2. The molecule has 1 aliphatic carbocycles. The van der Waals surface area contributed by atoms with E-state index in [0.29, 0.717) is 17.6 Å². The van der Waals surface area contributed by atoms with Crippen LogP contribution in [0.1, 0.15) is 43.2 Å². The van der Waals surface area contributed by atoms with E-state index in [1.807, 2.05) is 17.0 Å². The number of hydrogen-bond acceptors (Lipinski definition) is 5. The summed E-state index contributed by atoms with van der Waals surface area (Å²) >= 11 is 6.17. The van der Waals surface area contributed by atoms with Crippen molar-refractivity contribution in [2.24, 2.45) is 0 Å². The highest BCUT2D eigenvalue weighted by atomic mass is 35.5. The molecule has 4 rings (SSSR count). The molecule has 0 bridgehead atoms. The van der Waals surface area contributed by atoms with Gasteiger partial charge in [-0.3, -0.25) is 4.79 Å². The molecule has 1 amide bonds. The first-order valence-corrected chi connectivity index (χ1v) is 8.70. The van der Waals surface area contributed by atoms with E-state index in [2.05, 4.69) is 15.3 Å². The Morgan fingerprint density at radius 3 is 3.00 bits per heavy atom. The number of nitrogens with zero attached hydrogens (tertiary/aromatic N) is 3. The molecule has 1 saturated carbocycles. The van der Waals surface area contributed by atoms with Gasteiger partial charge in [-0.25, -0.2) is 9.97 Å². The van der Waals surface area contributed by atoms with Gasteiger partial charge in [0, 0.05) is 18.5 Å². The maximum atomic E-state index is 12.6. The van der Waals surface area contributed by atoms with Gasteiger partial charge in [-0.15, -0.1) is 0 Å². The van der Waals surface area contributed by atoms with E-state index in [4.69, 9.17) is 16.0 Å². The van der Waals surface area contributed by atoms with Crippen molar-refractivity contribution in [2.45, 2.75) is 44.2 Å². The zero-order valence-electron chi connectivity index (χ0n) is 13.2. The van der Waals surface area contributed by atoms with Gasteiger partial charge in [0.1, 0.15) is 28.6 Å². The highest BCUT2D eigenvalue weighted by molar-refractivity contribution is 6.29. The first kappa shape index (κ1) is 15.4. The Bertz CT molecular complexity index is 730. The summed E-state index contributed by atoms with van der Waals surface area (Å²) in [6.45, 7) is 1.20. The Balaban J connectivity index is 1.48. The van der Waals surface area contributed by atoms with Gasteiger partial charge in [0.05, 0.1) is 12.8 Å². The van der Waals surface area contributed by atoms with E-state index in [1.54, 1.807) is 12.3 Å². The Morgan fingerprint density at radius 2 is 2.25 bits per heavy atom. The summed E-state index contributed by atoms with van der Waals surface area (Å²) < 4.78 is 5.26. The van der Waals surface area contributed by atoms with Crippen LogP contribution in [0.25, 0.3) is 0 Å². The SMILES string of the molecule is O=C(NCc1ccco1)C1CCCN1c1cc(Cl)nc(C2CC2)n1. The van der Waals surface area contributed by atoms with Gasteiger partial charge in [-0.1, -0.05) is 11.6 Å². The number of halogens is 1. The van der Waals surface area contributed by atoms with Crippen molar-refractivity contribution in [3.63, 3.8) is 0 Å². The third-order valence-electron chi connectivity index (χ3n) is 4.51. The minimum Gasteiger partial charge on any atom is -0.467 e. The summed E-state index contributed by atoms with van der Waals surface area (Å²) in [5, 5.41) is 3.39. The minimum atomic E-state index is -0.224. The lowest BCUT2D eigenvalue weighted by atomic mass is 10.2. The van der Waals surface area contributed by atoms with E-state index in [0.717, 1.165) is 49.6 Å². The van der Waals surface area contributed by atoms with Crippen molar-refractivity contribution in [3.05, 3.63) is 41.2 Å². The topological polar surface area (TPSA) is 71.3 Å². The van der Waals surface area contributed by atoms with Crippen LogP contribution in [0, 0.1) is 0 Å². The van der Waals surface area contributed by atoms with Gasteiger partial charge < -0.3 is 14.6 Å². The predicted molar refractivity (Wildman–Crippen MR) is 89.9 cm³/mol. The van der Waals surface area contributed by atoms with Crippen LogP contribution in [0.15, 0.2) is 28.9 Å². The molecule has 2 aromatic rings. The number of hydrogen-bond donors (Lipinski definition) is 1. The van der Waals surface area contributed by atoms with Gasteiger partial charge in [0.2, 0.25) is 5.91 Å². The molecule has 1 unspecified atom stereocenters. The molecule has 0 spiro atoms. The number of carbonyl (C=O) groups excluding carboxylic acids is 1. The van der Waals surface area contributed by atoms with Crippen LogP contribution in [0.2, 0.25) is 5.15 Å². The summed E-state index contributed by atoms with van der Waals surface area (Å²) in [6.07, 6.45) is 5.61. The fraction of sp³-hybridized carbons (Fsp3) is 0.471. The monoisotopic (exact) mass is 346 g/mol. The second-order valence-electron chi connectivity index (χ2n) is 6.33. The molecule has 1 aliphatic heterocycles. The van der Waals surface area contributed by atoms with Gasteiger partial charge >= 0.3 is 0 Å². The number of nitrogens with one attached hydrogen (secondary N) is 1. The molecule has 2 aromatic heterocycles. The van der Waals surface area contributed by atoms with Crippen molar-refractivity contribution >= 4 is 23.3 Å². The van der Waals surface area contributed by atoms with E-state index >= 15 is 0 Å². The van der Waals surface area contributed by atoms with Crippen LogP contribution < -0.4 is 10.2 Å². The van der Waals surface area contributed by atoms with Crippen molar-refractivity contribution in [1.29, 1.82) is 0 Å². The quantitative estimate of drug-likeness (QED) is 0.843. The number of amides is 1. The maximum absolute atomic E-state index is 12.6. The van der Waals surface area contributed by atoms with Crippen molar-refractivity contribution in [3.8, 4) is 0 Å². The molecule has 1 atom stereocenters. The van der Waals surface area contributed by atoms with Crippen LogP contribution in [0.3, 0.4) is 0 Å². The molecule has 0 radical (unpaired) electrons. The summed E-state index contributed by atoms with van der Waals surface area (Å²) in [6, 6.07) is 5.19. The third kappa shape index (κ3) is 3.24. The molecule has 7 heteroatoms. The maximum Gasteiger partial charge on any atom is 0.243 e. The number of rotatable bonds is 5. The molecule has 126 valence electrons. The van der Waals surface area contributed by atoms with Gasteiger partial charge in [0.15, 0.2) is 0 Å². The Hall–Kier alpha value is -2.08. The van der Waals surface area contributed by atoms with Crippen molar-refractivity contribution in [2.75, 3.05) is 11.4 Å². The standard InChI is InChI=1S/C17H19ClN4O2/c18-14-9-15(21-16(20-14)11-5-6-11)22-7-1-4-13(22)17(23)19-10-12-3-2-8-24-12/h2-3,8-9,11,13H,1,4-7,10H2,(H,19,23). The van der Waals surface area contributed by atoms with Gasteiger partial charge in [-0.05, 0) is 37.8 Å². The van der Waals surface area contributed by atoms with Crippen LogP contribution >= 0.6 is 11.6 Å². The molecule has 0 aromatic carbocycles. The first-order chi connectivity index (χ1) is 11.7. The lowest BCUT2D eigenvalue weighted by Gasteiger charge is -2.25. The lowest BCUT2D eigenvalue weighted by molar-refractivity contribution is -0.122. The van der Waals surface area contributed by atoms with Crippen molar-refractivity contribution in [1.82, 2.24) is 15.3 Å². The second-order valence-corrected chi connectivity index (χ2v) is 6.72. The van der Waals surface area contributed by atoms with Crippen molar-refractivity contribution < 1.29 is 9.21 Å². The Labute approximate surface area is 145 Å². The predicted octanol–water partition coefficient (Wildman–Crippen LogP) is 2.89. The third-order valence-corrected chi connectivity index (χ3v) is 4.70. The Morgan fingerprint density at radius 1 is 1.38 bits per heavy atom. The molecular weight excluding hydrogens is 328 g/mol. The van der Waals surface area contributed by atoms with E-state index < -0.39 is 0 Å². The highest BCUT2D eigenvalue weighted by Crippen LogP contribution is 2.39. The molecular formula is C17H19ClN4O2. The molecule has 1 saturated heterocycles. The molecule has 3 heterocycles. The average Bonchev–Trinajstić information content (AvgIpc) is 3.10. The first-order valence-electron chi connectivity index (χ1n) is 8.32. The van der Waals surface area contributed by atoms with E-state index in [-0.39, 0.29) is 11.9 Å². The van der Waals surface area contributed by atoms with Gasteiger partial charge in [-0.2, -0.15) is 0 Å². The minimum absolute atomic E-state index is 0.00777. The van der Waals surface area contributed by atoms with Crippen LogP contribution in [-0.2, 0) is 11.3 Å². The molecule has 6 nitrogen and oxygen atoms in total. The normalized spacial score (nSPS) is 20.4. The smallest absolute Gasteiger partial charge is 0.243 e. The van der Waals surface area contributed by atoms with Crippen LogP contribution in [0.4, 0.5) is 5.82 Å². The lowest BCUT2D eigenvalue weighted by Crippen LogP contribution is -2.43. The van der Waals surface area contributed by atoms with Gasteiger partial charge in [0.25, 0.3) is 0 Å². The number of furan rings is 1. The molecule has 2 fully saturated rings. The highest BCUT2D eigenvalue weighted by Gasteiger charge is 2.33.